The van der Waals surface area contributed by atoms with Crippen LogP contribution in [0.15, 0.2) is 24.4 Å². The van der Waals surface area contributed by atoms with Crippen molar-refractivity contribution in [3.63, 3.8) is 0 Å². The molecule has 1 aliphatic heterocycles. The second kappa shape index (κ2) is 6.38. The first kappa shape index (κ1) is 14.9. The molecular formula is C17H22FN3O. The summed E-state index contributed by atoms with van der Waals surface area (Å²) in [4.78, 5) is 2.21. The highest BCUT2D eigenvalue weighted by atomic mass is 19.1. The van der Waals surface area contributed by atoms with Crippen molar-refractivity contribution in [3.8, 4) is 5.75 Å². The van der Waals surface area contributed by atoms with E-state index < -0.39 is 0 Å². The van der Waals surface area contributed by atoms with E-state index in [1.54, 1.807) is 12.1 Å². The van der Waals surface area contributed by atoms with Gasteiger partial charge in [-0.15, -0.1) is 0 Å². The number of nitrogens with zero attached hydrogens (tertiary/aromatic N) is 3. The van der Waals surface area contributed by atoms with E-state index >= 15 is 0 Å². The smallest absolute Gasteiger partial charge is 0.167 e. The lowest BCUT2D eigenvalue weighted by Gasteiger charge is -2.18. The van der Waals surface area contributed by atoms with Crippen LogP contribution >= 0.6 is 0 Å². The average Bonchev–Trinajstić information content (AvgIpc) is 3.16. The second-order valence-corrected chi connectivity index (χ2v) is 5.69. The van der Waals surface area contributed by atoms with E-state index in [1.807, 2.05) is 30.8 Å². The molecule has 2 heterocycles. The van der Waals surface area contributed by atoms with Crippen LogP contribution in [0.4, 0.5) is 10.1 Å². The van der Waals surface area contributed by atoms with E-state index in [9.17, 15) is 4.39 Å². The maximum atomic E-state index is 14.2. The minimum atomic E-state index is -0.301. The number of hydrogen-bond donors (Lipinski definition) is 0. The number of ether oxygens (including phenoxy) is 1. The fraction of sp³-hybridized carbons (Fsp3) is 0.471. The first-order valence-corrected chi connectivity index (χ1v) is 7.87. The summed E-state index contributed by atoms with van der Waals surface area (Å²) in [5.74, 6) is -0.00321. The van der Waals surface area contributed by atoms with Gasteiger partial charge in [0.25, 0.3) is 0 Å². The number of halogens is 1. The molecule has 22 heavy (non-hydrogen) atoms. The quantitative estimate of drug-likeness (QED) is 0.846. The van der Waals surface area contributed by atoms with Crippen LogP contribution in [0.3, 0.4) is 0 Å². The molecule has 3 rings (SSSR count). The Balaban J connectivity index is 1.68. The van der Waals surface area contributed by atoms with Gasteiger partial charge in [-0.3, -0.25) is 4.68 Å². The average molecular weight is 303 g/mol. The molecule has 1 aromatic carbocycles. The Hall–Kier alpha value is -2.04. The fourth-order valence-electron chi connectivity index (χ4n) is 2.80. The lowest BCUT2D eigenvalue weighted by Crippen LogP contribution is -2.17. The Kier molecular flexibility index (Phi) is 4.32. The van der Waals surface area contributed by atoms with Crippen molar-refractivity contribution in [1.82, 2.24) is 9.78 Å². The van der Waals surface area contributed by atoms with E-state index in [2.05, 4.69) is 10.00 Å². The predicted molar refractivity (Wildman–Crippen MR) is 84.8 cm³/mol. The number of benzene rings is 1. The molecule has 5 heteroatoms. The lowest BCUT2D eigenvalue weighted by molar-refractivity contribution is 0.289. The van der Waals surface area contributed by atoms with Crippen molar-refractivity contribution >= 4 is 5.69 Å². The van der Waals surface area contributed by atoms with Crippen molar-refractivity contribution in [2.24, 2.45) is 0 Å². The molecule has 2 aromatic rings. The molecule has 4 nitrogen and oxygen atoms in total. The van der Waals surface area contributed by atoms with Crippen LogP contribution in [0.25, 0.3) is 0 Å². The van der Waals surface area contributed by atoms with E-state index in [-0.39, 0.29) is 5.82 Å². The summed E-state index contributed by atoms with van der Waals surface area (Å²) < 4.78 is 21.7. The molecule has 1 fully saturated rings. The van der Waals surface area contributed by atoms with Gasteiger partial charge in [0.15, 0.2) is 11.6 Å². The molecule has 0 unspecified atom stereocenters. The van der Waals surface area contributed by atoms with Gasteiger partial charge in [0, 0.05) is 43.1 Å². The van der Waals surface area contributed by atoms with Crippen molar-refractivity contribution in [2.45, 2.75) is 39.8 Å². The van der Waals surface area contributed by atoms with E-state index in [1.165, 1.54) is 12.8 Å². The number of anilines is 1. The highest BCUT2D eigenvalue weighted by Gasteiger charge is 2.15. The Morgan fingerprint density at radius 2 is 2.05 bits per heavy atom. The van der Waals surface area contributed by atoms with Crippen LogP contribution in [0.5, 0.6) is 5.75 Å². The molecule has 0 aliphatic carbocycles. The third kappa shape index (κ3) is 3.08. The van der Waals surface area contributed by atoms with Crippen LogP contribution in [0.1, 0.15) is 31.0 Å². The molecule has 0 atom stereocenters. The lowest BCUT2D eigenvalue weighted by atomic mass is 10.2. The molecule has 0 radical (unpaired) electrons. The van der Waals surface area contributed by atoms with Crippen LogP contribution < -0.4 is 9.64 Å². The summed E-state index contributed by atoms with van der Waals surface area (Å²) in [5.41, 5.74) is 2.86. The van der Waals surface area contributed by atoms with Gasteiger partial charge in [0.1, 0.15) is 6.61 Å². The van der Waals surface area contributed by atoms with Gasteiger partial charge in [-0.25, -0.2) is 4.39 Å². The SMILES string of the molecule is CCn1cc(COc2ccc(N3CCCC3)cc2F)c(C)n1. The molecule has 1 aromatic heterocycles. The summed E-state index contributed by atoms with van der Waals surface area (Å²) in [7, 11) is 0. The molecule has 0 amide bonds. The maximum Gasteiger partial charge on any atom is 0.167 e. The maximum absolute atomic E-state index is 14.2. The molecule has 0 saturated carbocycles. The van der Waals surface area contributed by atoms with Gasteiger partial charge in [0.2, 0.25) is 0 Å². The first-order valence-electron chi connectivity index (χ1n) is 7.87. The van der Waals surface area contributed by atoms with E-state index in [0.717, 1.165) is 36.6 Å². The molecule has 0 bridgehead atoms. The molecule has 0 spiro atoms. The minimum absolute atomic E-state index is 0.298. The number of aromatic nitrogens is 2. The predicted octanol–water partition coefficient (Wildman–Crippen LogP) is 3.53. The van der Waals surface area contributed by atoms with Crippen molar-refractivity contribution in [1.29, 1.82) is 0 Å². The van der Waals surface area contributed by atoms with Gasteiger partial charge in [-0.05, 0) is 38.8 Å². The van der Waals surface area contributed by atoms with Gasteiger partial charge >= 0.3 is 0 Å². The van der Waals surface area contributed by atoms with Crippen LogP contribution in [-0.4, -0.2) is 22.9 Å². The summed E-state index contributed by atoms with van der Waals surface area (Å²) in [6.07, 6.45) is 4.31. The zero-order chi connectivity index (χ0) is 15.5. The van der Waals surface area contributed by atoms with Crippen molar-refractivity contribution in [2.75, 3.05) is 18.0 Å². The summed E-state index contributed by atoms with van der Waals surface area (Å²) in [6.45, 7) is 7.15. The highest BCUT2D eigenvalue weighted by molar-refractivity contribution is 5.50. The molecular weight excluding hydrogens is 281 g/mol. The minimum Gasteiger partial charge on any atom is -0.486 e. The largest absolute Gasteiger partial charge is 0.486 e. The number of hydrogen-bond acceptors (Lipinski definition) is 3. The van der Waals surface area contributed by atoms with Crippen LogP contribution in [-0.2, 0) is 13.2 Å². The summed E-state index contributed by atoms with van der Waals surface area (Å²) >= 11 is 0. The first-order chi connectivity index (χ1) is 10.7. The highest BCUT2D eigenvalue weighted by Crippen LogP contribution is 2.27. The monoisotopic (exact) mass is 303 g/mol. The Labute approximate surface area is 130 Å². The molecule has 1 saturated heterocycles. The van der Waals surface area contributed by atoms with Gasteiger partial charge in [-0.1, -0.05) is 0 Å². The molecule has 0 N–H and O–H groups in total. The Morgan fingerprint density at radius 1 is 1.27 bits per heavy atom. The number of rotatable bonds is 5. The van der Waals surface area contributed by atoms with Crippen LogP contribution in [0, 0.1) is 12.7 Å². The van der Waals surface area contributed by atoms with E-state index in [0.29, 0.717) is 12.4 Å². The van der Waals surface area contributed by atoms with Gasteiger partial charge < -0.3 is 9.64 Å². The topological polar surface area (TPSA) is 30.3 Å². The third-order valence-corrected chi connectivity index (χ3v) is 4.14. The molecule has 118 valence electrons. The Morgan fingerprint density at radius 3 is 2.68 bits per heavy atom. The van der Waals surface area contributed by atoms with Crippen LogP contribution in [0.2, 0.25) is 0 Å². The standard InChI is InChI=1S/C17H22FN3O/c1-3-21-11-14(13(2)19-21)12-22-17-7-6-15(10-16(17)18)20-8-4-5-9-20/h6-7,10-11H,3-5,8-9,12H2,1-2H3. The van der Waals surface area contributed by atoms with Gasteiger partial charge in [0.05, 0.1) is 5.69 Å². The second-order valence-electron chi connectivity index (χ2n) is 5.69. The number of aryl methyl sites for hydroxylation is 2. The Bertz CT molecular complexity index is 647. The fourth-order valence-corrected chi connectivity index (χ4v) is 2.80. The van der Waals surface area contributed by atoms with Crippen molar-refractivity contribution in [3.05, 3.63) is 41.5 Å². The normalized spacial score (nSPS) is 14.6. The third-order valence-electron chi connectivity index (χ3n) is 4.14. The molecule has 1 aliphatic rings. The van der Waals surface area contributed by atoms with Crippen molar-refractivity contribution < 1.29 is 9.13 Å². The zero-order valence-electron chi connectivity index (χ0n) is 13.2. The zero-order valence-corrected chi connectivity index (χ0v) is 13.2. The summed E-state index contributed by atoms with van der Waals surface area (Å²) in [6, 6.07) is 5.23. The van der Waals surface area contributed by atoms with E-state index in [4.69, 9.17) is 4.74 Å². The summed E-state index contributed by atoms with van der Waals surface area (Å²) in [5, 5.41) is 4.37. The van der Waals surface area contributed by atoms with Gasteiger partial charge in [-0.2, -0.15) is 5.10 Å².